The number of carbonyl (C=O) groups is 1. The average Bonchev–Trinajstić information content (AvgIpc) is 3.16. The lowest BCUT2D eigenvalue weighted by atomic mass is 9.85. The maximum atomic E-state index is 11.9. The smallest absolute Gasteiger partial charge is 0.313 e. The number of morpholine rings is 1. The molecule has 0 radical (unpaired) electrons. The number of ether oxygens (including phenoxy) is 1. The van der Waals surface area contributed by atoms with E-state index in [2.05, 4.69) is 32.6 Å². The molecule has 3 unspecified atom stereocenters. The largest absolute Gasteiger partial charge is 0.481 e. The van der Waals surface area contributed by atoms with Crippen LogP contribution in [0.3, 0.4) is 0 Å². The van der Waals surface area contributed by atoms with Gasteiger partial charge in [-0.15, -0.1) is 0 Å². The van der Waals surface area contributed by atoms with Crippen LogP contribution in [0.4, 0.5) is 11.8 Å². The monoisotopic (exact) mass is 404 g/mol. The first-order valence-electron chi connectivity index (χ1n) is 10.6. The van der Waals surface area contributed by atoms with E-state index in [1.807, 2.05) is 0 Å². The standard InChI is InChI=1S/C20H32N6O3/c1-4-15-13-12-26(6-5-16(13)24-23-15)19-21-11-14(20(2,3)18(27)28)17(22-19)25-7-9-29-10-8-25/h11,13,15-16,23-24H,4-10,12H2,1-3H3,(H,27,28). The average molecular weight is 405 g/mol. The van der Waals surface area contributed by atoms with E-state index >= 15 is 0 Å². The van der Waals surface area contributed by atoms with Crippen molar-refractivity contribution in [1.82, 2.24) is 20.8 Å². The van der Waals surface area contributed by atoms with Crippen LogP contribution >= 0.6 is 0 Å². The van der Waals surface area contributed by atoms with Gasteiger partial charge in [-0.3, -0.25) is 15.6 Å². The number of anilines is 2. The van der Waals surface area contributed by atoms with Crippen LogP contribution in [0.1, 0.15) is 39.2 Å². The molecule has 3 N–H and O–H groups in total. The molecule has 3 aliphatic rings. The number of piperidine rings is 1. The summed E-state index contributed by atoms with van der Waals surface area (Å²) in [6, 6.07) is 0.937. The number of hydrazine groups is 1. The van der Waals surface area contributed by atoms with Crippen molar-refractivity contribution >= 4 is 17.7 Å². The molecule has 0 aliphatic carbocycles. The zero-order chi connectivity index (χ0) is 20.6. The predicted octanol–water partition coefficient (Wildman–Crippen LogP) is 0.757. The minimum absolute atomic E-state index is 0.451. The molecule has 0 bridgehead atoms. The highest BCUT2D eigenvalue weighted by molar-refractivity contribution is 5.82. The van der Waals surface area contributed by atoms with E-state index in [0.29, 0.717) is 55.8 Å². The SMILES string of the molecule is CCC1NNC2CCN(c3ncc(C(C)(C)C(=O)O)c(N4CCOCC4)n3)CC12. The molecule has 3 fully saturated rings. The van der Waals surface area contributed by atoms with Gasteiger partial charge in [0.15, 0.2) is 0 Å². The number of carboxylic acid groups (broad SMARTS) is 1. The molecule has 1 aromatic heterocycles. The second-order valence-corrected chi connectivity index (χ2v) is 8.75. The van der Waals surface area contributed by atoms with Gasteiger partial charge in [0.25, 0.3) is 0 Å². The van der Waals surface area contributed by atoms with Crippen LogP contribution < -0.4 is 20.7 Å². The Bertz CT molecular complexity index is 746. The summed E-state index contributed by atoms with van der Waals surface area (Å²) in [6.45, 7) is 10.1. The van der Waals surface area contributed by atoms with Gasteiger partial charge < -0.3 is 19.6 Å². The summed E-state index contributed by atoms with van der Waals surface area (Å²) in [4.78, 5) is 25.8. The zero-order valence-electron chi connectivity index (χ0n) is 17.5. The number of fused-ring (bicyclic) bond motifs is 1. The lowest BCUT2D eigenvalue weighted by Gasteiger charge is -2.37. The fourth-order valence-corrected chi connectivity index (χ4v) is 4.56. The van der Waals surface area contributed by atoms with Crippen molar-refractivity contribution in [3.05, 3.63) is 11.8 Å². The Balaban J connectivity index is 1.65. The molecule has 3 saturated heterocycles. The first-order chi connectivity index (χ1) is 13.9. The predicted molar refractivity (Wildman–Crippen MR) is 110 cm³/mol. The third-order valence-corrected chi connectivity index (χ3v) is 6.63. The van der Waals surface area contributed by atoms with Crippen molar-refractivity contribution in [1.29, 1.82) is 0 Å². The number of carboxylic acids is 1. The van der Waals surface area contributed by atoms with E-state index in [0.717, 1.165) is 31.7 Å². The maximum absolute atomic E-state index is 11.9. The molecular weight excluding hydrogens is 372 g/mol. The number of aromatic nitrogens is 2. The van der Waals surface area contributed by atoms with E-state index in [1.165, 1.54) is 0 Å². The highest BCUT2D eigenvalue weighted by atomic mass is 16.5. The second-order valence-electron chi connectivity index (χ2n) is 8.75. The minimum Gasteiger partial charge on any atom is -0.481 e. The van der Waals surface area contributed by atoms with Crippen molar-refractivity contribution in [2.75, 3.05) is 49.2 Å². The molecule has 4 rings (SSSR count). The van der Waals surface area contributed by atoms with Gasteiger partial charge in [-0.05, 0) is 26.7 Å². The lowest BCUT2D eigenvalue weighted by molar-refractivity contribution is -0.142. The summed E-state index contributed by atoms with van der Waals surface area (Å²) in [5.74, 6) is 1.05. The Morgan fingerprint density at radius 3 is 2.72 bits per heavy atom. The van der Waals surface area contributed by atoms with Crippen molar-refractivity contribution in [3.63, 3.8) is 0 Å². The topological polar surface area (TPSA) is 103 Å². The third-order valence-electron chi connectivity index (χ3n) is 6.63. The fraction of sp³-hybridized carbons (Fsp3) is 0.750. The number of nitrogens with zero attached hydrogens (tertiary/aromatic N) is 4. The molecule has 9 nitrogen and oxygen atoms in total. The van der Waals surface area contributed by atoms with Crippen LogP contribution in [-0.2, 0) is 14.9 Å². The molecule has 3 atom stereocenters. The molecule has 9 heteroatoms. The molecular formula is C20H32N6O3. The van der Waals surface area contributed by atoms with E-state index in [9.17, 15) is 9.90 Å². The van der Waals surface area contributed by atoms with Gasteiger partial charge in [0.2, 0.25) is 5.95 Å². The Kier molecular flexibility index (Phi) is 5.63. The third kappa shape index (κ3) is 3.78. The normalized spacial score (nSPS) is 27.8. The summed E-state index contributed by atoms with van der Waals surface area (Å²) in [5, 5.41) is 9.77. The molecule has 3 aliphatic heterocycles. The Morgan fingerprint density at radius 2 is 2.03 bits per heavy atom. The van der Waals surface area contributed by atoms with E-state index < -0.39 is 11.4 Å². The van der Waals surface area contributed by atoms with Crippen molar-refractivity contribution in [3.8, 4) is 0 Å². The first-order valence-corrected chi connectivity index (χ1v) is 10.6. The number of aliphatic carboxylic acids is 1. The Hall–Kier alpha value is -1.97. The molecule has 160 valence electrons. The van der Waals surface area contributed by atoms with E-state index in [4.69, 9.17) is 9.72 Å². The van der Waals surface area contributed by atoms with E-state index in [-0.39, 0.29) is 0 Å². The molecule has 0 aromatic carbocycles. The van der Waals surface area contributed by atoms with E-state index in [1.54, 1.807) is 20.0 Å². The number of hydrogen-bond donors (Lipinski definition) is 3. The van der Waals surface area contributed by atoms with Crippen molar-refractivity contribution in [2.24, 2.45) is 5.92 Å². The second kappa shape index (κ2) is 8.04. The Morgan fingerprint density at radius 1 is 1.28 bits per heavy atom. The van der Waals surface area contributed by atoms with Gasteiger partial charge in [0.1, 0.15) is 5.82 Å². The van der Waals surface area contributed by atoms with Gasteiger partial charge >= 0.3 is 5.97 Å². The van der Waals surface area contributed by atoms with Gasteiger partial charge in [-0.25, -0.2) is 4.98 Å². The van der Waals surface area contributed by atoms with Gasteiger partial charge in [0, 0.05) is 55.9 Å². The first kappa shape index (κ1) is 20.3. The van der Waals surface area contributed by atoms with Crippen molar-refractivity contribution < 1.29 is 14.6 Å². The Labute approximate surface area is 171 Å². The summed E-state index contributed by atoms with van der Waals surface area (Å²) < 4.78 is 5.49. The van der Waals surface area contributed by atoms with Gasteiger partial charge in [-0.2, -0.15) is 4.98 Å². The zero-order valence-corrected chi connectivity index (χ0v) is 17.5. The molecule has 0 spiro atoms. The van der Waals surface area contributed by atoms with Crippen molar-refractivity contribution in [2.45, 2.75) is 51.1 Å². The quantitative estimate of drug-likeness (QED) is 0.656. The van der Waals surface area contributed by atoms with Crippen LogP contribution in [0.15, 0.2) is 6.20 Å². The molecule has 29 heavy (non-hydrogen) atoms. The van der Waals surface area contributed by atoms with Crippen LogP contribution in [0.5, 0.6) is 0 Å². The number of hydrogen-bond acceptors (Lipinski definition) is 8. The summed E-state index contributed by atoms with van der Waals surface area (Å²) >= 11 is 0. The molecule has 1 aromatic rings. The highest BCUT2D eigenvalue weighted by Gasteiger charge is 2.40. The molecule has 0 saturated carbocycles. The van der Waals surface area contributed by atoms with Gasteiger partial charge in [-0.1, -0.05) is 6.92 Å². The van der Waals surface area contributed by atoms with Crippen LogP contribution in [0, 0.1) is 5.92 Å². The summed E-state index contributed by atoms with van der Waals surface area (Å²) in [5.41, 5.74) is 6.44. The van der Waals surface area contributed by atoms with Crippen LogP contribution in [0.2, 0.25) is 0 Å². The highest BCUT2D eigenvalue weighted by Crippen LogP contribution is 2.34. The van der Waals surface area contributed by atoms with Gasteiger partial charge in [0.05, 0.1) is 18.6 Å². The molecule has 0 amide bonds. The fourth-order valence-electron chi connectivity index (χ4n) is 4.56. The minimum atomic E-state index is -1.06. The summed E-state index contributed by atoms with van der Waals surface area (Å²) in [6.07, 6.45) is 3.83. The number of nitrogens with one attached hydrogen (secondary N) is 2. The maximum Gasteiger partial charge on any atom is 0.313 e. The lowest BCUT2D eigenvalue weighted by Crippen LogP contribution is -2.47. The van der Waals surface area contributed by atoms with Crippen LogP contribution in [-0.4, -0.2) is 72.5 Å². The van der Waals surface area contributed by atoms with Crippen LogP contribution in [0.25, 0.3) is 0 Å². The summed E-state index contributed by atoms with van der Waals surface area (Å²) in [7, 11) is 0. The number of rotatable bonds is 5. The molecule has 4 heterocycles.